The molecule has 1 aliphatic heterocycles. The molecular formula is C11H16N5O7PS. The summed E-state index contributed by atoms with van der Waals surface area (Å²) in [6.07, 6.45) is -0.844. The monoisotopic (exact) mass is 393 g/mol. The van der Waals surface area contributed by atoms with Crippen molar-refractivity contribution < 1.29 is 28.3 Å². The number of hydrogen-bond acceptors (Lipinski definition) is 9. The van der Waals surface area contributed by atoms with Crippen molar-refractivity contribution in [3.05, 3.63) is 16.7 Å². The third-order valence-electron chi connectivity index (χ3n) is 3.72. The Morgan fingerprint density at radius 3 is 2.92 bits per heavy atom. The molecule has 0 saturated carbocycles. The Bertz CT molecular complexity index is 881. The van der Waals surface area contributed by atoms with Crippen molar-refractivity contribution in [2.24, 2.45) is 0 Å². The van der Waals surface area contributed by atoms with E-state index in [4.69, 9.17) is 25.0 Å². The Kier molecular flexibility index (Phi) is 4.90. The van der Waals surface area contributed by atoms with E-state index in [9.17, 15) is 9.36 Å². The van der Waals surface area contributed by atoms with Gasteiger partial charge in [-0.15, -0.1) is 0 Å². The number of nitrogens with one attached hydrogen (secondary N) is 1. The van der Waals surface area contributed by atoms with Gasteiger partial charge in [-0.25, -0.2) is 9.55 Å². The number of phosphoric ester groups is 1. The Morgan fingerprint density at radius 2 is 2.28 bits per heavy atom. The number of aromatic amines is 1. The lowest BCUT2D eigenvalue weighted by Crippen LogP contribution is -2.31. The standard InChI is InChI=1S/C11H16N5O7PS/c1-21-6-7(25)4(2-22-24(18,19)20)23-10(6)16-3-13-5-8(16)14-11(12)15-9(5)17/h3-4,6-7,10,25H,2H2,1H3,(H2,18,19,20)(H3,12,14,15,17)/t4-,6+,7+,10-/m1/s1. The van der Waals surface area contributed by atoms with Crippen LogP contribution in [0.1, 0.15) is 6.23 Å². The van der Waals surface area contributed by atoms with Crippen molar-refractivity contribution in [3.8, 4) is 0 Å². The van der Waals surface area contributed by atoms with Crippen LogP contribution < -0.4 is 11.3 Å². The fourth-order valence-corrected chi connectivity index (χ4v) is 3.40. The lowest BCUT2D eigenvalue weighted by atomic mass is 10.2. The van der Waals surface area contributed by atoms with E-state index in [2.05, 4.69) is 32.1 Å². The minimum absolute atomic E-state index is 0.0679. The summed E-state index contributed by atoms with van der Waals surface area (Å²) < 4.78 is 28.0. The molecule has 0 radical (unpaired) electrons. The second-order valence-corrected chi connectivity index (χ2v) is 7.15. The van der Waals surface area contributed by atoms with Crippen LogP contribution in [0.4, 0.5) is 5.95 Å². The van der Waals surface area contributed by atoms with Gasteiger partial charge < -0.3 is 25.0 Å². The minimum Gasteiger partial charge on any atom is -0.375 e. The first-order chi connectivity index (χ1) is 11.7. The zero-order chi connectivity index (χ0) is 18.4. The number of nitrogens with zero attached hydrogens (tertiary/aromatic N) is 3. The highest BCUT2D eigenvalue weighted by atomic mass is 32.1. The van der Waals surface area contributed by atoms with Gasteiger partial charge in [0.2, 0.25) is 5.95 Å². The number of anilines is 1. The van der Waals surface area contributed by atoms with Crippen molar-refractivity contribution in [1.82, 2.24) is 19.5 Å². The number of thiol groups is 1. The van der Waals surface area contributed by atoms with Crippen LogP contribution in [0.5, 0.6) is 0 Å². The summed E-state index contributed by atoms with van der Waals surface area (Å²) in [6, 6.07) is 0. The van der Waals surface area contributed by atoms with Crippen LogP contribution in [0.25, 0.3) is 11.2 Å². The maximum atomic E-state index is 11.9. The molecule has 1 aliphatic rings. The maximum absolute atomic E-state index is 11.9. The first kappa shape index (κ1) is 18.3. The van der Waals surface area contributed by atoms with Crippen LogP contribution in [0.2, 0.25) is 0 Å². The highest BCUT2D eigenvalue weighted by molar-refractivity contribution is 7.81. The average molecular weight is 393 g/mol. The van der Waals surface area contributed by atoms with Crippen LogP contribution in [-0.2, 0) is 18.6 Å². The molecule has 4 atom stereocenters. The van der Waals surface area contributed by atoms with Crippen LogP contribution in [0.3, 0.4) is 0 Å². The van der Waals surface area contributed by atoms with Gasteiger partial charge >= 0.3 is 7.82 Å². The summed E-state index contributed by atoms with van der Waals surface area (Å²) >= 11 is 4.39. The molecule has 1 fully saturated rings. The van der Waals surface area contributed by atoms with E-state index in [1.165, 1.54) is 18.0 Å². The summed E-state index contributed by atoms with van der Waals surface area (Å²) in [5.74, 6) is -0.0879. The van der Waals surface area contributed by atoms with Crippen molar-refractivity contribution in [3.63, 3.8) is 0 Å². The number of aromatic nitrogens is 4. The molecule has 0 unspecified atom stereocenters. The molecule has 3 rings (SSSR count). The Labute approximate surface area is 146 Å². The van der Waals surface area contributed by atoms with Crippen LogP contribution in [-0.4, -0.2) is 60.5 Å². The Morgan fingerprint density at radius 1 is 1.56 bits per heavy atom. The molecular weight excluding hydrogens is 377 g/mol. The van der Waals surface area contributed by atoms with E-state index in [-0.39, 0.29) is 17.1 Å². The summed E-state index contributed by atoms with van der Waals surface area (Å²) in [5.41, 5.74) is 5.32. The molecule has 0 bridgehead atoms. The van der Waals surface area contributed by atoms with Gasteiger partial charge in [0.05, 0.1) is 24.3 Å². The molecule has 5 N–H and O–H groups in total. The summed E-state index contributed by atoms with van der Waals surface area (Å²) in [6.45, 7) is -0.391. The van der Waals surface area contributed by atoms with Gasteiger partial charge in [-0.3, -0.25) is 18.9 Å². The van der Waals surface area contributed by atoms with Gasteiger partial charge in [0, 0.05) is 7.11 Å². The molecule has 14 heteroatoms. The number of nitrogens with two attached hydrogens (primary N) is 1. The van der Waals surface area contributed by atoms with E-state index in [0.717, 1.165) is 0 Å². The number of ether oxygens (including phenoxy) is 2. The molecule has 3 heterocycles. The zero-order valence-electron chi connectivity index (χ0n) is 12.8. The molecule has 0 aliphatic carbocycles. The van der Waals surface area contributed by atoms with Crippen LogP contribution in [0.15, 0.2) is 11.1 Å². The highest BCUT2D eigenvalue weighted by Gasteiger charge is 2.45. The number of phosphoric acid groups is 1. The normalized spacial score (nSPS) is 27.2. The average Bonchev–Trinajstić information content (AvgIpc) is 3.05. The van der Waals surface area contributed by atoms with E-state index in [0.29, 0.717) is 0 Å². The predicted molar refractivity (Wildman–Crippen MR) is 88.0 cm³/mol. The number of rotatable bonds is 5. The molecule has 12 nitrogen and oxygen atoms in total. The smallest absolute Gasteiger partial charge is 0.375 e. The number of H-pyrrole nitrogens is 1. The number of methoxy groups -OCH3 is 1. The molecule has 2 aromatic rings. The summed E-state index contributed by atoms with van der Waals surface area (Å²) in [5, 5.41) is -0.557. The first-order valence-electron chi connectivity index (χ1n) is 7.00. The quantitative estimate of drug-likeness (QED) is 0.314. The Hall–Kier alpha value is -1.47. The van der Waals surface area contributed by atoms with Gasteiger partial charge in [-0.05, 0) is 0 Å². The molecule has 2 aromatic heterocycles. The largest absolute Gasteiger partial charge is 0.469 e. The molecule has 0 spiro atoms. The lowest BCUT2D eigenvalue weighted by molar-refractivity contribution is -0.0578. The second-order valence-electron chi connectivity index (χ2n) is 5.32. The predicted octanol–water partition coefficient (Wildman–Crippen LogP) is -0.978. The van der Waals surface area contributed by atoms with Gasteiger partial charge in [0.25, 0.3) is 5.56 Å². The second kappa shape index (κ2) is 6.68. The fraction of sp³-hybridized carbons (Fsp3) is 0.545. The number of hydrogen-bond donors (Lipinski definition) is 5. The van der Waals surface area contributed by atoms with Crippen molar-refractivity contribution in [2.45, 2.75) is 23.7 Å². The summed E-state index contributed by atoms with van der Waals surface area (Å²) in [4.78, 5) is 39.9. The molecule has 1 saturated heterocycles. The molecule has 0 amide bonds. The number of fused-ring (bicyclic) bond motifs is 1. The lowest BCUT2D eigenvalue weighted by Gasteiger charge is -2.20. The topological polar surface area (TPSA) is 175 Å². The SMILES string of the molecule is CO[C@H]1[C@@H](S)[C@@H](COP(=O)(O)O)O[C@H]1n1cnc2c(=O)[nH]c(N)nc21. The van der Waals surface area contributed by atoms with Gasteiger partial charge in [-0.1, -0.05) is 0 Å². The molecule has 0 aromatic carbocycles. The van der Waals surface area contributed by atoms with E-state index < -0.39 is 43.7 Å². The number of imidazole rings is 1. The molecule has 138 valence electrons. The van der Waals surface area contributed by atoms with Gasteiger partial charge in [0.1, 0.15) is 6.10 Å². The maximum Gasteiger partial charge on any atom is 0.469 e. The van der Waals surface area contributed by atoms with E-state index >= 15 is 0 Å². The Balaban J connectivity index is 1.94. The highest BCUT2D eigenvalue weighted by Crippen LogP contribution is 2.40. The van der Waals surface area contributed by atoms with Crippen molar-refractivity contribution >= 4 is 37.6 Å². The van der Waals surface area contributed by atoms with E-state index in [1.54, 1.807) is 0 Å². The van der Waals surface area contributed by atoms with E-state index in [1.807, 2.05) is 0 Å². The summed E-state index contributed by atoms with van der Waals surface area (Å²) in [7, 11) is -3.22. The van der Waals surface area contributed by atoms with Crippen LogP contribution >= 0.6 is 20.5 Å². The van der Waals surface area contributed by atoms with Crippen molar-refractivity contribution in [2.75, 3.05) is 19.5 Å². The third-order valence-corrected chi connectivity index (χ3v) is 4.83. The minimum atomic E-state index is -4.65. The number of nitrogen functional groups attached to an aromatic ring is 1. The zero-order valence-corrected chi connectivity index (χ0v) is 14.6. The molecule has 25 heavy (non-hydrogen) atoms. The van der Waals surface area contributed by atoms with Gasteiger partial charge in [0.15, 0.2) is 17.4 Å². The third kappa shape index (κ3) is 3.58. The van der Waals surface area contributed by atoms with Crippen molar-refractivity contribution in [1.29, 1.82) is 0 Å². The van der Waals surface area contributed by atoms with Gasteiger partial charge in [-0.2, -0.15) is 17.6 Å². The van der Waals surface area contributed by atoms with Crippen LogP contribution in [0, 0.1) is 0 Å². The fourth-order valence-electron chi connectivity index (χ4n) is 2.63. The first-order valence-corrected chi connectivity index (χ1v) is 9.04.